The van der Waals surface area contributed by atoms with Crippen LogP contribution in [0.4, 0.5) is 0 Å². The number of carboxylic acid groups (broad SMARTS) is 1. The van der Waals surface area contributed by atoms with Gasteiger partial charge in [0.2, 0.25) is 0 Å². The average Bonchev–Trinajstić information content (AvgIpc) is 2.99. The molecular formula is C23H34O5. The van der Waals surface area contributed by atoms with Crippen LogP contribution in [-0.4, -0.2) is 40.1 Å². The fourth-order valence-electron chi connectivity index (χ4n) is 5.16. The van der Waals surface area contributed by atoms with Gasteiger partial charge in [-0.15, -0.1) is 0 Å². The molecule has 3 rings (SSSR count). The van der Waals surface area contributed by atoms with Crippen molar-refractivity contribution in [1.82, 2.24) is 0 Å². The number of unbranched alkanes of at least 4 members (excludes halogenated alkanes) is 2. The third kappa shape index (κ3) is 5.06. The molecule has 2 aliphatic carbocycles. The summed E-state index contributed by atoms with van der Waals surface area (Å²) in [7, 11) is 0. The molecule has 1 saturated carbocycles. The maximum absolute atomic E-state index is 11.1. The van der Waals surface area contributed by atoms with Gasteiger partial charge in [-0.05, 0) is 73.5 Å². The minimum atomic E-state index is -2.78. The largest absolute Gasteiger partial charge is 0.482 e. The lowest BCUT2D eigenvalue weighted by atomic mass is 9.73. The number of aliphatic hydroxyl groups is 2. The maximum atomic E-state index is 11.1. The van der Waals surface area contributed by atoms with Crippen molar-refractivity contribution < 1.29 is 27.6 Å². The number of benzene rings is 1. The number of aliphatic hydroxyl groups excluding tert-OH is 2. The molecule has 28 heavy (non-hydrogen) atoms. The molecular weight excluding hydrogens is 357 g/mol. The normalized spacial score (nSPS) is 28.7. The molecule has 0 amide bonds. The molecule has 1 aromatic carbocycles. The number of carboxylic acids is 1. The van der Waals surface area contributed by atoms with E-state index in [0.717, 1.165) is 49.7 Å². The van der Waals surface area contributed by atoms with Gasteiger partial charge in [0.15, 0.2) is 6.56 Å². The van der Waals surface area contributed by atoms with Crippen LogP contribution in [0.2, 0.25) is 0 Å². The second kappa shape index (κ2) is 9.75. The van der Waals surface area contributed by atoms with Crippen LogP contribution in [0.5, 0.6) is 5.75 Å². The lowest BCUT2D eigenvalue weighted by molar-refractivity contribution is -0.139. The monoisotopic (exact) mass is 393 g/mol. The maximum Gasteiger partial charge on any atom is 0.341 e. The first-order valence-corrected chi connectivity index (χ1v) is 10.6. The Morgan fingerprint density at radius 2 is 2.14 bits per heavy atom. The van der Waals surface area contributed by atoms with Gasteiger partial charge in [-0.2, -0.15) is 0 Å². The van der Waals surface area contributed by atoms with E-state index < -0.39 is 18.6 Å². The van der Waals surface area contributed by atoms with Crippen molar-refractivity contribution in [2.45, 2.75) is 76.9 Å². The highest BCUT2D eigenvalue weighted by molar-refractivity contribution is 5.68. The van der Waals surface area contributed by atoms with Crippen LogP contribution in [0, 0.1) is 17.8 Å². The van der Waals surface area contributed by atoms with E-state index in [9.17, 15) is 15.0 Å². The number of hydrogen-bond donors (Lipinski definition) is 3. The number of aliphatic carboxylic acids is 1. The predicted octanol–water partition coefficient (Wildman–Crippen LogP) is 3.58. The first kappa shape index (κ1) is 18.4. The van der Waals surface area contributed by atoms with Gasteiger partial charge >= 0.3 is 5.97 Å². The van der Waals surface area contributed by atoms with Gasteiger partial charge in [-0.25, -0.2) is 4.79 Å². The molecule has 5 heteroatoms. The molecule has 0 aromatic heterocycles. The van der Waals surface area contributed by atoms with E-state index >= 15 is 0 Å². The number of carbonyl (C=O) groups is 1. The topological polar surface area (TPSA) is 87.0 Å². The molecule has 5 atom stereocenters. The lowest BCUT2D eigenvalue weighted by Crippen LogP contribution is -2.28. The molecule has 0 saturated heterocycles. The summed E-state index contributed by atoms with van der Waals surface area (Å²) in [5.41, 5.74) is 1.90. The summed E-state index contributed by atoms with van der Waals surface area (Å²) in [5.74, 6) is -0.638. The van der Waals surface area contributed by atoms with Gasteiger partial charge < -0.3 is 20.1 Å². The van der Waals surface area contributed by atoms with E-state index in [2.05, 4.69) is 6.92 Å². The van der Waals surface area contributed by atoms with E-state index in [1.807, 2.05) is 6.07 Å². The third-order valence-corrected chi connectivity index (χ3v) is 6.57. The van der Waals surface area contributed by atoms with Crippen molar-refractivity contribution in [2.75, 3.05) is 6.56 Å². The first-order chi connectivity index (χ1) is 14.2. The van der Waals surface area contributed by atoms with Crippen molar-refractivity contribution in [3.05, 3.63) is 29.3 Å². The Labute approximate surface area is 170 Å². The van der Waals surface area contributed by atoms with Crippen LogP contribution in [0.3, 0.4) is 0 Å². The highest BCUT2D eigenvalue weighted by Gasteiger charge is 2.44. The van der Waals surface area contributed by atoms with E-state index in [1.54, 1.807) is 12.1 Å². The van der Waals surface area contributed by atoms with Crippen molar-refractivity contribution in [1.29, 1.82) is 0 Å². The summed E-state index contributed by atoms with van der Waals surface area (Å²) in [4.78, 5) is 11.1. The number of hydrogen-bond acceptors (Lipinski definition) is 4. The average molecular weight is 394 g/mol. The molecule has 0 aliphatic heterocycles. The van der Waals surface area contributed by atoms with Crippen LogP contribution in [-0.2, 0) is 17.6 Å². The fraction of sp³-hybridized carbons (Fsp3) is 0.696. The summed E-state index contributed by atoms with van der Waals surface area (Å²) >= 11 is 0. The van der Waals surface area contributed by atoms with Crippen LogP contribution in [0.25, 0.3) is 0 Å². The molecule has 0 unspecified atom stereocenters. The van der Waals surface area contributed by atoms with Gasteiger partial charge in [0.25, 0.3) is 0 Å². The minimum Gasteiger partial charge on any atom is -0.482 e. The Bertz CT molecular complexity index is 738. The molecule has 5 nitrogen and oxygen atoms in total. The summed E-state index contributed by atoms with van der Waals surface area (Å²) in [6.45, 7) is -0.633. The molecule has 0 bridgehead atoms. The van der Waals surface area contributed by atoms with Gasteiger partial charge in [0.05, 0.1) is 14.9 Å². The number of fused-ring (bicyclic) bond motifs is 2. The smallest absolute Gasteiger partial charge is 0.341 e. The Kier molecular flexibility index (Phi) is 6.42. The summed E-state index contributed by atoms with van der Waals surface area (Å²) in [6.07, 6.45) is 7.04. The minimum absolute atomic E-state index is 0.152. The van der Waals surface area contributed by atoms with Gasteiger partial charge in [0, 0.05) is 0 Å². The Hall–Kier alpha value is -1.59. The number of ether oxygens (including phenoxy) is 1. The standard InChI is InChI=1S/C23H34O5/c1-2-3-4-7-17(24)9-10-18-19-11-15-6-5-8-22(28-14-23(26)27)20(15)12-16(19)13-21(18)25/h5-6,8,16-19,21,24-25H,2-4,7,9-14H2,1H3,(H,26,27)/t16-,17-,18+,19-,21+/m0/s1/i14D2,23+1. The van der Waals surface area contributed by atoms with Crippen molar-refractivity contribution in [3.8, 4) is 5.75 Å². The zero-order valence-electron chi connectivity index (χ0n) is 18.6. The lowest BCUT2D eigenvalue weighted by Gasteiger charge is -2.32. The zero-order chi connectivity index (χ0) is 21.9. The molecule has 1 aromatic rings. The SMILES string of the molecule is [2H]C([2H])(Oc1cccc2c1C[C@H]1C[C@@H](O)[C@H](CC[C@@H](O)CCCCC)[C@H]1C2)[13C](=O)O. The van der Waals surface area contributed by atoms with Crippen LogP contribution < -0.4 is 4.74 Å². The van der Waals surface area contributed by atoms with Crippen LogP contribution >= 0.6 is 0 Å². The third-order valence-electron chi connectivity index (χ3n) is 6.57. The predicted molar refractivity (Wildman–Crippen MR) is 107 cm³/mol. The van der Waals surface area contributed by atoms with Gasteiger partial charge in [-0.1, -0.05) is 38.3 Å². The first-order valence-electron chi connectivity index (χ1n) is 11.6. The number of rotatable bonds is 10. The van der Waals surface area contributed by atoms with Crippen LogP contribution in [0.15, 0.2) is 18.2 Å². The molecule has 156 valence electrons. The van der Waals surface area contributed by atoms with Gasteiger partial charge in [-0.3, -0.25) is 0 Å². The second-order valence-corrected chi connectivity index (χ2v) is 8.43. The fourth-order valence-corrected chi connectivity index (χ4v) is 5.16. The summed E-state index contributed by atoms with van der Waals surface area (Å²) < 4.78 is 20.4. The quantitative estimate of drug-likeness (QED) is 0.418. The molecule has 3 N–H and O–H groups in total. The summed E-state index contributed by atoms with van der Waals surface area (Å²) in [6, 6.07) is 5.37. The Morgan fingerprint density at radius 3 is 2.89 bits per heavy atom. The molecule has 1 fully saturated rings. The van der Waals surface area contributed by atoms with Crippen molar-refractivity contribution in [3.63, 3.8) is 0 Å². The Morgan fingerprint density at radius 1 is 1.32 bits per heavy atom. The summed E-state index contributed by atoms with van der Waals surface area (Å²) in [5, 5.41) is 30.0. The molecule has 2 aliphatic rings. The van der Waals surface area contributed by atoms with E-state index in [0.29, 0.717) is 25.2 Å². The van der Waals surface area contributed by atoms with E-state index in [4.69, 9.17) is 12.6 Å². The van der Waals surface area contributed by atoms with Crippen LogP contribution in [0.1, 0.15) is 65.7 Å². The molecule has 0 heterocycles. The van der Waals surface area contributed by atoms with Crippen molar-refractivity contribution in [2.24, 2.45) is 17.8 Å². The second-order valence-electron chi connectivity index (χ2n) is 8.43. The van der Waals surface area contributed by atoms with E-state index in [1.165, 1.54) is 0 Å². The van der Waals surface area contributed by atoms with Gasteiger partial charge in [0.1, 0.15) is 5.75 Å². The zero-order valence-corrected chi connectivity index (χ0v) is 16.6. The molecule has 0 radical (unpaired) electrons. The van der Waals surface area contributed by atoms with Crippen molar-refractivity contribution >= 4 is 5.97 Å². The van der Waals surface area contributed by atoms with E-state index in [-0.39, 0.29) is 23.7 Å². The molecule has 0 spiro atoms. The highest BCUT2D eigenvalue weighted by atomic mass is 16.5. The Balaban J connectivity index is 1.68. The highest BCUT2D eigenvalue weighted by Crippen LogP contribution is 2.48.